The normalized spacial score (nSPS) is 19.3. The first-order valence-corrected chi connectivity index (χ1v) is 9.48. The Morgan fingerprint density at radius 2 is 2.08 bits per heavy atom. The van der Waals surface area contributed by atoms with Gasteiger partial charge in [0.05, 0.1) is 12.3 Å². The van der Waals surface area contributed by atoms with Gasteiger partial charge in [0.1, 0.15) is 5.75 Å². The quantitative estimate of drug-likeness (QED) is 0.869. The van der Waals surface area contributed by atoms with Gasteiger partial charge in [-0.2, -0.15) is 0 Å². The number of aromatic nitrogens is 1. The highest BCUT2D eigenvalue weighted by atomic mass is 35.5. The van der Waals surface area contributed by atoms with Gasteiger partial charge >= 0.3 is 0 Å². The molecule has 5 heteroatoms. The van der Waals surface area contributed by atoms with Crippen molar-refractivity contribution in [3.8, 4) is 5.75 Å². The summed E-state index contributed by atoms with van der Waals surface area (Å²) in [6, 6.07) is 13.5. The van der Waals surface area contributed by atoms with E-state index < -0.39 is 0 Å². The molecule has 3 heterocycles. The lowest BCUT2D eigenvalue weighted by atomic mass is 10.0. The van der Waals surface area contributed by atoms with Gasteiger partial charge in [0.2, 0.25) is 0 Å². The van der Waals surface area contributed by atoms with Crippen molar-refractivity contribution in [3.63, 3.8) is 0 Å². The zero-order chi connectivity index (χ0) is 16.9. The second-order valence-corrected chi connectivity index (χ2v) is 7.10. The maximum Gasteiger partial charge on any atom is 0.122 e. The molecule has 1 saturated heterocycles. The molecule has 4 nitrogen and oxygen atoms in total. The van der Waals surface area contributed by atoms with Crippen LogP contribution in [0, 0.1) is 0 Å². The molecule has 1 fully saturated rings. The summed E-state index contributed by atoms with van der Waals surface area (Å²) < 4.78 is 5.66. The highest BCUT2D eigenvalue weighted by Gasteiger charge is 2.22. The Kier molecular flexibility index (Phi) is 6.89. The van der Waals surface area contributed by atoms with Crippen LogP contribution < -0.4 is 10.1 Å². The van der Waals surface area contributed by atoms with Crippen molar-refractivity contribution in [2.24, 2.45) is 0 Å². The molecule has 140 valence electrons. The first kappa shape index (κ1) is 19.2. The summed E-state index contributed by atoms with van der Waals surface area (Å²) >= 11 is 0. The molecule has 0 aliphatic carbocycles. The Hall–Kier alpha value is -1.62. The van der Waals surface area contributed by atoms with E-state index in [0.717, 1.165) is 50.7 Å². The molecule has 1 N–H and O–H groups in total. The number of benzene rings is 1. The van der Waals surface area contributed by atoms with Crippen LogP contribution in [-0.4, -0.2) is 35.6 Å². The minimum Gasteiger partial charge on any atom is -0.493 e. The predicted molar refractivity (Wildman–Crippen MR) is 107 cm³/mol. The zero-order valence-electron chi connectivity index (χ0n) is 15.2. The average Bonchev–Trinajstić information content (AvgIpc) is 2.94. The van der Waals surface area contributed by atoms with Crippen molar-refractivity contribution in [2.75, 3.05) is 19.7 Å². The van der Waals surface area contributed by atoms with E-state index in [-0.39, 0.29) is 12.4 Å². The lowest BCUT2D eigenvalue weighted by molar-refractivity contribution is 0.162. The van der Waals surface area contributed by atoms with E-state index in [4.69, 9.17) is 4.74 Å². The van der Waals surface area contributed by atoms with Crippen LogP contribution in [-0.2, 0) is 19.5 Å². The summed E-state index contributed by atoms with van der Waals surface area (Å²) in [5.74, 6) is 1.07. The number of halogens is 1. The molecule has 1 aromatic heterocycles. The number of hydrogen-bond acceptors (Lipinski definition) is 4. The maximum atomic E-state index is 5.66. The van der Waals surface area contributed by atoms with Gasteiger partial charge in [-0.1, -0.05) is 18.2 Å². The number of nitrogens with zero attached hydrogens (tertiary/aromatic N) is 2. The van der Waals surface area contributed by atoms with Gasteiger partial charge in [0.15, 0.2) is 0 Å². The first-order chi connectivity index (χ1) is 12.4. The number of ether oxygens (including phenoxy) is 1. The van der Waals surface area contributed by atoms with E-state index in [9.17, 15) is 0 Å². The third kappa shape index (κ3) is 4.76. The van der Waals surface area contributed by atoms with Crippen molar-refractivity contribution in [1.82, 2.24) is 15.2 Å². The van der Waals surface area contributed by atoms with Crippen molar-refractivity contribution in [2.45, 2.75) is 44.8 Å². The van der Waals surface area contributed by atoms with E-state index in [0.29, 0.717) is 6.04 Å². The summed E-state index contributed by atoms with van der Waals surface area (Å²) in [4.78, 5) is 7.18. The van der Waals surface area contributed by atoms with Crippen LogP contribution in [0.3, 0.4) is 0 Å². The van der Waals surface area contributed by atoms with Crippen molar-refractivity contribution in [1.29, 1.82) is 0 Å². The van der Waals surface area contributed by atoms with Gasteiger partial charge in [-0.25, -0.2) is 0 Å². The molecule has 2 aliphatic heterocycles. The maximum absolute atomic E-state index is 5.66. The summed E-state index contributed by atoms with van der Waals surface area (Å²) in [7, 11) is 0. The molecular formula is C21H28ClN3O. The number of pyridine rings is 1. The van der Waals surface area contributed by atoms with Gasteiger partial charge in [0, 0.05) is 31.7 Å². The second-order valence-electron chi connectivity index (χ2n) is 7.10. The third-order valence-corrected chi connectivity index (χ3v) is 5.29. The number of hydrogen-bond donors (Lipinski definition) is 1. The molecule has 1 unspecified atom stereocenters. The van der Waals surface area contributed by atoms with Gasteiger partial charge in [0.25, 0.3) is 0 Å². The fraction of sp³-hybridized carbons (Fsp3) is 0.476. The van der Waals surface area contributed by atoms with Gasteiger partial charge in [-0.15, -0.1) is 12.4 Å². The topological polar surface area (TPSA) is 37.4 Å². The van der Waals surface area contributed by atoms with Gasteiger partial charge in [-0.3, -0.25) is 9.88 Å². The van der Waals surface area contributed by atoms with E-state index in [2.05, 4.69) is 45.5 Å². The van der Waals surface area contributed by atoms with E-state index in [1.807, 2.05) is 12.3 Å². The predicted octanol–water partition coefficient (Wildman–Crippen LogP) is 3.58. The largest absolute Gasteiger partial charge is 0.493 e. The van der Waals surface area contributed by atoms with E-state index in [1.54, 1.807) is 0 Å². The standard InChI is InChI=1S/C21H27N3O.ClH/c1-2-11-23-19(4-1)16-24(20-5-3-10-22-12-8-20)15-17-6-7-21-18(14-17)9-13-25-21;/h1-2,4,6-7,11,14,20,22H,3,5,8-10,12-13,15-16H2;1H. The molecule has 0 bridgehead atoms. The monoisotopic (exact) mass is 373 g/mol. The van der Waals surface area contributed by atoms with Crippen molar-refractivity contribution in [3.05, 3.63) is 59.4 Å². The minimum absolute atomic E-state index is 0. The number of fused-ring (bicyclic) bond motifs is 1. The smallest absolute Gasteiger partial charge is 0.122 e. The molecule has 0 radical (unpaired) electrons. The Morgan fingerprint density at radius 1 is 1.12 bits per heavy atom. The zero-order valence-corrected chi connectivity index (χ0v) is 16.0. The summed E-state index contributed by atoms with van der Waals surface area (Å²) in [6.45, 7) is 4.98. The summed E-state index contributed by atoms with van der Waals surface area (Å²) in [5.41, 5.74) is 3.90. The van der Waals surface area contributed by atoms with E-state index in [1.165, 1.54) is 30.4 Å². The fourth-order valence-corrected chi connectivity index (χ4v) is 3.95. The molecule has 0 saturated carbocycles. The Morgan fingerprint density at radius 3 is 2.96 bits per heavy atom. The molecule has 1 aromatic carbocycles. The average molecular weight is 374 g/mol. The van der Waals surface area contributed by atoms with Gasteiger partial charge < -0.3 is 10.1 Å². The molecule has 2 aliphatic rings. The minimum atomic E-state index is 0. The molecular weight excluding hydrogens is 346 g/mol. The SMILES string of the molecule is Cl.c1ccc(CN(Cc2ccc3c(c2)CCO3)C2CCCNCC2)nc1. The molecule has 0 amide bonds. The summed E-state index contributed by atoms with van der Waals surface area (Å²) in [6.07, 6.45) is 6.65. The van der Waals surface area contributed by atoms with E-state index >= 15 is 0 Å². The van der Waals surface area contributed by atoms with Crippen LogP contribution in [0.2, 0.25) is 0 Å². The Balaban J connectivity index is 0.00000196. The fourth-order valence-electron chi connectivity index (χ4n) is 3.95. The van der Waals surface area contributed by atoms with Crippen LogP contribution in [0.25, 0.3) is 0 Å². The summed E-state index contributed by atoms with van der Waals surface area (Å²) in [5, 5.41) is 3.53. The highest BCUT2D eigenvalue weighted by Crippen LogP contribution is 2.27. The second kappa shape index (κ2) is 9.36. The molecule has 4 rings (SSSR count). The van der Waals surface area contributed by atoms with Crippen molar-refractivity contribution < 1.29 is 4.74 Å². The van der Waals surface area contributed by atoms with Crippen LogP contribution in [0.15, 0.2) is 42.6 Å². The molecule has 2 aromatic rings. The Labute approximate surface area is 162 Å². The highest BCUT2D eigenvalue weighted by molar-refractivity contribution is 5.85. The lowest BCUT2D eigenvalue weighted by Crippen LogP contribution is -2.35. The molecule has 1 atom stereocenters. The molecule has 0 spiro atoms. The third-order valence-electron chi connectivity index (χ3n) is 5.29. The van der Waals surface area contributed by atoms with Crippen LogP contribution in [0.4, 0.5) is 0 Å². The number of rotatable bonds is 5. The van der Waals surface area contributed by atoms with Crippen LogP contribution >= 0.6 is 12.4 Å². The number of nitrogens with one attached hydrogen (secondary N) is 1. The van der Waals surface area contributed by atoms with Gasteiger partial charge in [-0.05, 0) is 61.7 Å². The first-order valence-electron chi connectivity index (χ1n) is 9.48. The Bertz CT molecular complexity index is 687. The van der Waals surface area contributed by atoms with Crippen molar-refractivity contribution >= 4 is 12.4 Å². The lowest BCUT2D eigenvalue weighted by Gasteiger charge is -2.31. The molecule has 26 heavy (non-hydrogen) atoms. The van der Waals surface area contributed by atoms with Crippen LogP contribution in [0.5, 0.6) is 5.75 Å². The van der Waals surface area contributed by atoms with Crippen LogP contribution in [0.1, 0.15) is 36.1 Å².